The van der Waals surface area contributed by atoms with Crippen molar-refractivity contribution in [1.82, 2.24) is 0 Å². The van der Waals surface area contributed by atoms with Crippen LogP contribution in [0.4, 0.5) is 0 Å². The molecule has 0 aromatic heterocycles. The van der Waals surface area contributed by atoms with Crippen LogP contribution in [0.3, 0.4) is 0 Å². The van der Waals surface area contributed by atoms with Gasteiger partial charge in [0.25, 0.3) is 0 Å². The van der Waals surface area contributed by atoms with E-state index in [2.05, 4.69) is 0 Å². The molecule has 21 heterocycles. The van der Waals surface area contributed by atoms with Gasteiger partial charge in [-0.1, -0.05) is 0 Å². The molecule has 14 bridgehead atoms. The monoisotopic (exact) mass is 1720 g/mol. The van der Waals surface area contributed by atoms with Crippen LogP contribution in [0.15, 0.2) is 0 Å². The molecule has 42 heteroatoms. The molecule has 14 N–H and O–H groups in total. The third-order valence-electron chi connectivity index (χ3n) is 20.5. The quantitative estimate of drug-likeness (QED) is 0.0581. The lowest BCUT2D eigenvalue weighted by Crippen LogP contribution is -2.68. The van der Waals surface area contributed by atoms with Crippen molar-refractivity contribution in [3.63, 3.8) is 0 Å². The fraction of sp³-hybridized carbons (Fsp3) is 0.909. The molecule has 686 valence electrons. The van der Waals surface area contributed by atoms with Crippen molar-refractivity contribution in [2.45, 2.75) is 360 Å². The molecule has 21 aliphatic heterocycles. The van der Waals surface area contributed by atoms with E-state index in [1.54, 1.807) is 0 Å². The fourth-order valence-electron chi connectivity index (χ4n) is 12.9. The Morgan fingerprint density at radius 1 is 0.176 bits per heavy atom. The normalized spacial score (nSPS) is 40.6. The van der Waals surface area contributed by atoms with Crippen LogP contribution in [-0.4, -0.2) is 374 Å². The molecule has 0 saturated carbocycles. The van der Waals surface area contributed by atoms with Gasteiger partial charge in [0.2, 0.25) is 0 Å². The summed E-state index contributed by atoms with van der Waals surface area (Å²) in [7, 11) is 0. The van der Waals surface area contributed by atoms with Gasteiger partial charge in [-0.3, -0.25) is 33.6 Å². The van der Waals surface area contributed by atoms with Gasteiger partial charge in [-0.25, -0.2) is 0 Å². The Kier molecular flexibility index (Phi) is 32.6. The summed E-state index contributed by atoms with van der Waals surface area (Å²) in [5.74, 6) is -6.26. The average Bonchev–Trinajstić information content (AvgIpc) is 0.821. The zero-order valence-corrected chi connectivity index (χ0v) is 70.8. The van der Waals surface area contributed by atoms with E-state index in [9.17, 15) is 105 Å². The molecule has 21 saturated heterocycles. The number of aliphatic hydroxyl groups is 14. The zero-order valence-electron chi connectivity index (χ0n) is 70.8. The van der Waals surface area contributed by atoms with Gasteiger partial charge >= 0.3 is 41.8 Å². The van der Waals surface area contributed by atoms with Crippen LogP contribution in [0.5, 0.6) is 0 Å². The first-order valence-electron chi connectivity index (χ1n) is 39.5. The van der Waals surface area contributed by atoms with Crippen LogP contribution >= 0.6 is 0 Å². The minimum absolute atomic E-state index is 0.894. The zero-order chi connectivity index (χ0) is 89.5. The smallest absolute Gasteiger partial charge is 0.311 e. The molecule has 0 aromatic carbocycles. The van der Waals surface area contributed by atoms with Gasteiger partial charge in [0.1, 0.15) is 217 Å². The predicted molar refractivity (Wildman–Crippen MR) is 392 cm³/mol. The van der Waals surface area contributed by atoms with Gasteiger partial charge in [-0.15, -0.1) is 0 Å². The summed E-state index contributed by atoms with van der Waals surface area (Å²) in [5, 5.41) is 172. The van der Waals surface area contributed by atoms with Crippen molar-refractivity contribution in [3.05, 3.63) is 0 Å². The molecule has 0 spiro atoms. The molecular formula is C77H126O42. The maximum Gasteiger partial charge on any atom is 0.311 e. The van der Waals surface area contributed by atoms with Gasteiger partial charge in [-0.2, -0.15) is 0 Å². The van der Waals surface area contributed by atoms with E-state index in [0.29, 0.717) is 0 Å². The second kappa shape index (κ2) is 39.0. The first kappa shape index (κ1) is 99.6. The Bertz CT molecular complexity index is 2780. The predicted octanol–water partition coefficient (Wildman–Crippen LogP) is -4.05. The summed E-state index contributed by atoms with van der Waals surface area (Å²) in [5.41, 5.74) is -8.73. The number of aliphatic hydroxyl groups excluding tert-OH is 14. The molecule has 0 radical (unpaired) electrons. The van der Waals surface area contributed by atoms with E-state index in [4.69, 9.17) is 99.5 Å². The number of carbonyl (C=O) groups is 7. The topological polar surface area (TPSA) is 597 Å². The first-order valence-corrected chi connectivity index (χ1v) is 39.5. The van der Waals surface area contributed by atoms with Crippen molar-refractivity contribution in [2.75, 3.05) is 46.2 Å². The molecule has 119 heavy (non-hydrogen) atoms. The maximum absolute atomic E-state index is 13.6. The van der Waals surface area contributed by atoms with E-state index >= 15 is 0 Å². The summed E-state index contributed by atoms with van der Waals surface area (Å²) in [6.45, 7) is 24.5. The molecule has 21 rings (SSSR count). The van der Waals surface area contributed by atoms with Gasteiger partial charge < -0.3 is 171 Å². The van der Waals surface area contributed by atoms with E-state index < -0.39 is 341 Å². The summed E-state index contributed by atoms with van der Waals surface area (Å²) >= 11 is 0. The molecule has 0 aromatic rings. The number of esters is 7. The number of hydrogen-bond donors (Lipinski definition) is 14. The Morgan fingerprint density at radius 2 is 0.269 bits per heavy atom. The highest BCUT2D eigenvalue weighted by Crippen LogP contribution is 2.42. The fourth-order valence-corrected chi connectivity index (χ4v) is 12.9. The molecule has 0 unspecified atom stereocenters. The number of rotatable bonds is 14. The van der Waals surface area contributed by atoms with Gasteiger partial charge in [-0.05, 0) is 145 Å². The Hall–Kier alpha value is -4.83. The second-order valence-corrected chi connectivity index (χ2v) is 38.3. The van der Waals surface area contributed by atoms with Crippen LogP contribution in [-0.2, 0) is 133 Å². The molecule has 42 nitrogen and oxygen atoms in total. The maximum atomic E-state index is 13.6. The molecular weight excluding hydrogens is 1600 g/mol. The minimum Gasteiger partial charge on any atom is -0.462 e. The standard InChI is InChI=1S/C77H126O42/c1-71(2,3)64(92)99-22-29-50-36(78)43(85)57(106-29)114-51-30(23-100-65(93)72(4,5)6)108-59(45(87)38(51)80)116-53-32(25-102-67(95)74(10,11)12)110-61(47(89)40(53)82)118-55-34(27-104-69(97)76(16,17)18)112-63(49(91)42(55)84)119-56-35(28-105-70(98)77(19,20)21)111-62(48(90)41(56)83)117-54-33(26-103-68(96)75(13,14)15)109-60(46(88)39(54)81)115-52-31(24-101-66(94)73(7,8)9)107-58(113-50)44(86)37(52)79/h29-63,78-91H,22-28H2,1-21H3/t29-,30-,31-,32-,33-,34-,35-,36-,37-,38-,39-,40-,41-,42+,43-,44-,45-,46+,47-,48-,49-,50-,51-,52-,53-,54-,55-,56-,57-,58-,59-,60-,61-,62-,63-/m0/s1. The minimum atomic E-state index is -2.40. The Labute approximate surface area is 688 Å². The number of carbonyl (C=O) groups excluding carboxylic acids is 7. The van der Waals surface area contributed by atoms with Crippen molar-refractivity contribution in [1.29, 1.82) is 0 Å². The molecule has 35 atom stereocenters. The van der Waals surface area contributed by atoms with E-state index in [-0.39, 0.29) is 0 Å². The van der Waals surface area contributed by atoms with Gasteiger partial charge in [0.15, 0.2) is 44.0 Å². The highest BCUT2D eigenvalue weighted by atomic mass is 16.8. The summed E-state index contributed by atoms with van der Waals surface area (Å²) in [4.78, 5) is 95.0. The van der Waals surface area contributed by atoms with Crippen molar-refractivity contribution >= 4 is 41.8 Å². The lowest BCUT2D eigenvalue weighted by molar-refractivity contribution is -0.396. The molecule has 21 aliphatic rings. The number of ether oxygens (including phenoxy) is 21. The van der Waals surface area contributed by atoms with Crippen LogP contribution in [0.2, 0.25) is 0 Å². The largest absolute Gasteiger partial charge is 0.462 e. The van der Waals surface area contributed by atoms with Crippen molar-refractivity contribution in [3.8, 4) is 0 Å². The van der Waals surface area contributed by atoms with Crippen LogP contribution in [0.1, 0.15) is 145 Å². The molecule has 21 fully saturated rings. The van der Waals surface area contributed by atoms with Crippen molar-refractivity contribution < 1.29 is 205 Å². The highest BCUT2D eigenvalue weighted by molar-refractivity contribution is 5.78. The first-order chi connectivity index (χ1) is 54.6. The van der Waals surface area contributed by atoms with E-state index in [0.717, 1.165) is 0 Å². The summed E-state index contributed by atoms with van der Waals surface area (Å²) in [6, 6.07) is 0. The van der Waals surface area contributed by atoms with Crippen LogP contribution < -0.4 is 0 Å². The van der Waals surface area contributed by atoms with Gasteiger partial charge in [0.05, 0.1) is 37.9 Å². The van der Waals surface area contributed by atoms with E-state index in [1.165, 1.54) is 145 Å². The van der Waals surface area contributed by atoms with Crippen LogP contribution in [0.25, 0.3) is 0 Å². The number of hydrogen-bond acceptors (Lipinski definition) is 42. The van der Waals surface area contributed by atoms with Gasteiger partial charge in [0, 0.05) is 0 Å². The molecule has 0 amide bonds. The lowest BCUT2D eigenvalue weighted by Gasteiger charge is -2.50. The Balaban J connectivity index is 1.27. The van der Waals surface area contributed by atoms with Crippen LogP contribution in [0, 0.1) is 37.9 Å². The molecule has 0 aliphatic carbocycles. The SMILES string of the molecule is CC(C)(C)C(=O)OC[C@@H]1O[C@H]2O[C@@H]3[C@@H](O)[C@H](O)[C@H](O[C@@H]4[C@@H](O)[C@@H](O)[C@H](O[C@@H]5[C@@H](O)[C@H](O)[C@H](O[C@@H]6[C@@H](O)[C@H](O)[C@H](O[C@@H]7[C@@H](O)[C@H](O)[C@H](O[C@@H]8[C@@H](O)[C@H](O)[C@H](O[C@@H]1[C@H](O)[C@@H]2O)O[C@H]8COC(=O)C(C)(C)C)O[C@H]7COC(=O)C(C)(C)C)O[C@H]6COC(=O)C(C)(C)C)O[C@H]5COC(=O)C(C)(C)C)O[C@H]4COC(=O)C(C)(C)C)O[C@H]3COC(=O)C(C)(C)C. The summed E-state index contributed by atoms with van der Waals surface area (Å²) in [6.07, 6.45) is -76.7. The average molecular weight is 1720 g/mol. The second-order valence-electron chi connectivity index (χ2n) is 38.3. The van der Waals surface area contributed by atoms with E-state index in [1.807, 2.05) is 0 Å². The third-order valence-corrected chi connectivity index (χ3v) is 20.5. The Morgan fingerprint density at radius 3 is 0.353 bits per heavy atom. The lowest BCUT2D eigenvalue weighted by atomic mass is 9.94. The highest BCUT2D eigenvalue weighted by Gasteiger charge is 2.61. The summed E-state index contributed by atoms with van der Waals surface area (Å²) < 4.78 is 127. The third kappa shape index (κ3) is 24.2. The van der Waals surface area contributed by atoms with Crippen molar-refractivity contribution in [2.24, 2.45) is 37.9 Å².